The highest BCUT2D eigenvalue weighted by molar-refractivity contribution is 5.67. The van der Waals surface area contributed by atoms with E-state index < -0.39 is 11.7 Å². The molecule has 0 N–H and O–H groups in total. The van der Waals surface area contributed by atoms with E-state index in [1.807, 2.05) is 20.8 Å². The summed E-state index contributed by atoms with van der Waals surface area (Å²) in [6, 6.07) is 0. The summed E-state index contributed by atoms with van der Waals surface area (Å²) >= 11 is 0. The number of azo groups is 1. The van der Waals surface area contributed by atoms with E-state index >= 15 is 0 Å². The SMILES string of the molecule is CC(C)(C)/N=N/C(=O)OC(C)(C)C. The highest BCUT2D eigenvalue weighted by Gasteiger charge is 2.16. The number of hydrogen-bond acceptors (Lipinski definition) is 3. The van der Waals surface area contributed by atoms with Crippen LogP contribution in [-0.2, 0) is 4.74 Å². The maximum Gasteiger partial charge on any atom is 0.452 e. The molecule has 0 aromatic carbocycles. The molecule has 4 nitrogen and oxygen atoms in total. The molecule has 0 heterocycles. The molecule has 0 spiro atoms. The Balaban J connectivity index is 4.11. The van der Waals surface area contributed by atoms with Crippen LogP contribution in [0.2, 0.25) is 0 Å². The van der Waals surface area contributed by atoms with E-state index in [9.17, 15) is 4.79 Å². The molecule has 0 bridgehead atoms. The number of carbonyl (C=O) groups is 1. The molecule has 13 heavy (non-hydrogen) atoms. The van der Waals surface area contributed by atoms with Gasteiger partial charge in [0.2, 0.25) is 0 Å². The predicted molar refractivity (Wildman–Crippen MR) is 50.8 cm³/mol. The van der Waals surface area contributed by atoms with Crippen LogP contribution in [0.3, 0.4) is 0 Å². The molecule has 0 saturated heterocycles. The van der Waals surface area contributed by atoms with Crippen LogP contribution in [0.1, 0.15) is 41.5 Å². The van der Waals surface area contributed by atoms with E-state index in [4.69, 9.17) is 4.74 Å². The first-order valence-electron chi connectivity index (χ1n) is 4.26. The van der Waals surface area contributed by atoms with Crippen LogP contribution in [0.4, 0.5) is 4.79 Å². The molecule has 0 aliphatic carbocycles. The second kappa shape index (κ2) is 3.85. The lowest BCUT2D eigenvalue weighted by molar-refractivity contribution is 0.0585. The van der Waals surface area contributed by atoms with Crippen molar-refractivity contribution in [1.29, 1.82) is 0 Å². The van der Waals surface area contributed by atoms with Gasteiger partial charge in [0.15, 0.2) is 0 Å². The molecule has 0 unspecified atom stereocenters. The monoisotopic (exact) mass is 186 g/mol. The van der Waals surface area contributed by atoms with Crippen LogP contribution in [0.15, 0.2) is 10.2 Å². The second-order valence-electron chi connectivity index (χ2n) is 4.85. The first-order valence-corrected chi connectivity index (χ1v) is 4.26. The average molecular weight is 186 g/mol. The van der Waals surface area contributed by atoms with E-state index in [0.29, 0.717) is 0 Å². The second-order valence-corrected chi connectivity index (χ2v) is 4.85. The Labute approximate surface area is 79.4 Å². The van der Waals surface area contributed by atoms with Crippen molar-refractivity contribution in [2.75, 3.05) is 0 Å². The Morgan fingerprint density at radius 1 is 1.08 bits per heavy atom. The van der Waals surface area contributed by atoms with Crippen molar-refractivity contribution < 1.29 is 9.53 Å². The van der Waals surface area contributed by atoms with Crippen molar-refractivity contribution in [3.63, 3.8) is 0 Å². The summed E-state index contributed by atoms with van der Waals surface area (Å²) < 4.78 is 4.93. The minimum Gasteiger partial charge on any atom is -0.441 e. The van der Waals surface area contributed by atoms with Crippen LogP contribution in [0.25, 0.3) is 0 Å². The van der Waals surface area contributed by atoms with Crippen LogP contribution in [0.5, 0.6) is 0 Å². The number of ether oxygens (including phenoxy) is 1. The summed E-state index contributed by atoms with van der Waals surface area (Å²) in [5, 5.41) is 7.24. The highest BCUT2D eigenvalue weighted by Crippen LogP contribution is 2.11. The predicted octanol–water partition coefficient (Wildman–Crippen LogP) is 3.17. The standard InChI is InChI=1S/C9H18N2O2/c1-8(2,3)11-10-7(12)13-9(4,5)6/h1-6H3/b11-10+. The average Bonchev–Trinajstić information content (AvgIpc) is 1.78. The van der Waals surface area contributed by atoms with Gasteiger partial charge in [-0.2, -0.15) is 5.11 Å². The van der Waals surface area contributed by atoms with Gasteiger partial charge in [-0.3, -0.25) is 0 Å². The lowest BCUT2D eigenvalue weighted by atomic mass is 10.1. The molecular weight excluding hydrogens is 168 g/mol. The third kappa shape index (κ3) is 8.98. The topological polar surface area (TPSA) is 51.0 Å². The summed E-state index contributed by atoms with van der Waals surface area (Å²) in [5.41, 5.74) is -0.842. The molecular formula is C9H18N2O2. The number of carbonyl (C=O) groups excluding carboxylic acids is 1. The highest BCUT2D eigenvalue weighted by atomic mass is 16.6. The van der Waals surface area contributed by atoms with Crippen LogP contribution < -0.4 is 0 Å². The number of hydrogen-bond donors (Lipinski definition) is 0. The van der Waals surface area contributed by atoms with Crippen molar-refractivity contribution >= 4 is 6.09 Å². The Morgan fingerprint density at radius 3 is 1.85 bits per heavy atom. The molecule has 0 aromatic rings. The largest absolute Gasteiger partial charge is 0.452 e. The Kier molecular flexibility index (Phi) is 3.58. The number of amides is 1. The number of nitrogens with zero attached hydrogens (tertiary/aromatic N) is 2. The van der Waals surface area contributed by atoms with Crippen molar-refractivity contribution in [3.8, 4) is 0 Å². The fourth-order valence-electron chi connectivity index (χ4n) is 0.473. The van der Waals surface area contributed by atoms with Crippen LogP contribution in [0, 0.1) is 0 Å². The molecule has 0 fully saturated rings. The molecule has 4 heteroatoms. The normalized spacial score (nSPS) is 13.4. The zero-order valence-electron chi connectivity index (χ0n) is 9.21. The summed E-state index contributed by atoms with van der Waals surface area (Å²) in [5.74, 6) is 0. The Bertz CT molecular complexity index is 209. The molecule has 0 aromatic heterocycles. The quantitative estimate of drug-likeness (QED) is 0.545. The fraction of sp³-hybridized carbons (Fsp3) is 0.889. The zero-order chi connectivity index (χ0) is 10.7. The molecule has 76 valence electrons. The van der Waals surface area contributed by atoms with Crippen LogP contribution >= 0.6 is 0 Å². The summed E-state index contributed by atoms with van der Waals surface area (Å²) in [7, 11) is 0. The third-order valence-corrected chi connectivity index (χ3v) is 0.825. The molecule has 0 aliphatic rings. The van der Waals surface area contributed by atoms with Gasteiger partial charge in [-0.05, 0) is 41.5 Å². The molecule has 0 saturated carbocycles. The van der Waals surface area contributed by atoms with Gasteiger partial charge in [0.05, 0.1) is 5.54 Å². The molecule has 0 aliphatic heterocycles. The lowest BCUT2D eigenvalue weighted by Gasteiger charge is -2.17. The van der Waals surface area contributed by atoms with Gasteiger partial charge in [-0.15, -0.1) is 0 Å². The third-order valence-electron chi connectivity index (χ3n) is 0.825. The molecule has 0 rings (SSSR count). The van der Waals surface area contributed by atoms with Crippen molar-refractivity contribution in [1.82, 2.24) is 0 Å². The van der Waals surface area contributed by atoms with Crippen molar-refractivity contribution in [2.45, 2.75) is 52.7 Å². The lowest BCUT2D eigenvalue weighted by Crippen LogP contribution is -2.22. The first kappa shape index (κ1) is 12.1. The Morgan fingerprint density at radius 2 is 1.54 bits per heavy atom. The van der Waals surface area contributed by atoms with Gasteiger partial charge in [0.1, 0.15) is 5.60 Å². The minimum absolute atomic E-state index is 0.336. The van der Waals surface area contributed by atoms with Crippen LogP contribution in [-0.4, -0.2) is 17.2 Å². The maximum absolute atomic E-state index is 11.0. The van der Waals surface area contributed by atoms with Gasteiger partial charge in [0, 0.05) is 0 Å². The van der Waals surface area contributed by atoms with Gasteiger partial charge in [0.25, 0.3) is 0 Å². The van der Waals surface area contributed by atoms with E-state index in [-0.39, 0.29) is 5.54 Å². The summed E-state index contributed by atoms with van der Waals surface area (Å²) in [6.45, 7) is 11.0. The summed E-state index contributed by atoms with van der Waals surface area (Å²) in [6.07, 6.45) is -0.637. The minimum atomic E-state index is -0.637. The van der Waals surface area contributed by atoms with E-state index in [1.54, 1.807) is 20.8 Å². The van der Waals surface area contributed by atoms with E-state index in [2.05, 4.69) is 10.2 Å². The van der Waals surface area contributed by atoms with Gasteiger partial charge in [-0.1, -0.05) is 5.11 Å². The van der Waals surface area contributed by atoms with Gasteiger partial charge >= 0.3 is 6.09 Å². The molecule has 1 amide bonds. The molecule has 0 radical (unpaired) electrons. The molecule has 0 atom stereocenters. The first-order chi connectivity index (χ1) is 5.60. The summed E-state index contributed by atoms with van der Waals surface area (Å²) in [4.78, 5) is 11.0. The smallest absolute Gasteiger partial charge is 0.441 e. The van der Waals surface area contributed by atoms with E-state index in [0.717, 1.165) is 0 Å². The zero-order valence-corrected chi connectivity index (χ0v) is 9.21. The van der Waals surface area contributed by atoms with Crippen molar-refractivity contribution in [3.05, 3.63) is 0 Å². The van der Waals surface area contributed by atoms with Gasteiger partial charge in [-0.25, -0.2) is 4.79 Å². The fourth-order valence-corrected chi connectivity index (χ4v) is 0.473. The number of rotatable bonds is 0. The Hall–Kier alpha value is -0.930. The maximum atomic E-state index is 11.0. The van der Waals surface area contributed by atoms with E-state index in [1.165, 1.54) is 0 Å². The van der Waals surface area contributed by atoms with Gasteiger partial charge < -0.3 is 4.74 Å². The van der Waals surface area contributed by atoms with Crippen molar-refractivity contribution in [2.24, 2.45) is 10.2 Å².